The number of aromatic nitrogens is 2. The molecule has 0 spiro atoms. The van der Waals surface area contributed by atoms with Gasteiger partial charge in [0.25, 0.3) is 0 Å². The standard InChI is InChI=1S/C68H46N4/c1-5-22-49(23-6-1)69(53-38-40-67-64(45-53)61-34-18-20-36-66(61)71(67)51-26-9-3-10-27-51)55-41-48(63-43-47-21-13-14-30-57(47)58-31-15-16-32-59(58)63)42-56(44-55)70(50-24-7-2-8-25-50)54-37-39-62-60-33-17-19-35-65(60)72(68(62)46-54)52-28-11-4-12-29-52/h1-46H. The first-order valence-corrected chi connectivity index (χ1v) is 24.7. The van der Waals surface area contributed by atoms with Crippen molar-refractivity contribution in [1.82, 2.24) is 9.13 Å². The molecule has 0 fully saturated rings. The van der Waals surface area contributed by atoms with E-state index in [1.165, 1.54) is 59.7 Å². The highest BCUT2D eigenvalue weighted by atomic mass is 15.2. The van der Waals surface area contributed by atoms with Crippen LogP contribution in [0.4, 0.5) is 34.1 Å². The number of para-hydroxylation sites is 6. The van der Waals surface area contributed by atoms with Crippen LogP contribution in [0.3, 0.4) is 0 Å². The van der Waals surface area contributed by atoms with Crippen LogP contribution in [0.25, 0.3) is 87.7 Å². The van der Waals surface area contributed by atoms with Crippen molar-refractivity contribution in [2.24, 2.45) is 0 Å². The fourth-order valence-electron chi connectivity index (χ4n) is 11.3. The molecule has 0 aliphatic heterocycles. The predicted octanol–water partition coefficient (Wildman–Crippen LogP) is 18.8. The fourth-order valence-corrected chi connectivity index (χ4v) is 11.3. The Bertz CT molecular complexity index is 4330. The number of hydrogen-bond acceptors (Lipinski definition) is 2. The third-order valence-corrected chi connectivity index (χ3v) is 14.4. The Hall–Kier alpha value is -9.64. The largest absolute Gasteiger partial charge is 0.310 e. The van der Waals surface area contributed by atoms with Gasteiger partial charge in [0.05, 0.1) is 22.1 Å². The lowest BCUT2D eigenvalue weighted by atomic mass is 9.92. The molecule has 0 amide bonds. The Labute approximate surface area is 417 Å². The molecule has 0 unspecified atom stereocenters. The van der Waals surface area contributed by atoms with Gasteiger partial charge in [-0.15, -0.1) is 0 Å². The molecule has 0 N–H and O–H groups in total. The van der Waals surface area contributed by atoms with Gasteiger partial charge in [0.1, 0.15) is 0 Å². The Kier molecular flexibility index (Phi) is 9.82. The van der Waals surface area contributed by atoms with E-state index in [2.05, 4.69) is 298 Å². The average Bonchev–Trinajstić information content (AvgIpc) is 3.96. The van der Waals surface area contributed by atoms with E-state index < -0.39 is 0 Å². The minimum Gasteiger partial charge on any atom is -0.310 e. The maximum Gasteiger partial charge on any atom is 0.0561 e. The van der Waals surface area contributed by atoms with E-state index in [-0.39, 0.29) is 0 Å². The second kappa shape index (κ2) is 17.1. The van der Waals surface area contributed by atoms with Crippen molar-refractivity contribution >= 4 is 99.3 Å². The number of hydrogen-bond donors (Lipinski definition) is 0. The number of nitrogens with zero attached hydrogens (tertiary/aromatic N) is 4. The van der Waals surface area contributed by atoms with Crippen LogP contribution >= 0.6 is 0 Å². The molecule has 4 heteroatoms. The first kappa shape index (κ1) is 41.3. The lowest BCUT2D eigenvalue weighted by molar-refractivity contribution is 1.18. The number of fused-ring (bicyclic) bond motifs is 9. The van der Waals surface area contributed by atoms with Gasteiger partial charge in [-0.3, -0.25) is 0 Å². The zero-order valence-corrected chi connectivity index (χ0v) is 39.3. The molecule has 4 nitrogen and oxygen atoms in total. The summed E-state index contributed by atoms with van der Waals surface area (Å²) in [5, 5.41) is 9.73. The summed E-state index contributed by atoms with van der Waals surface area (Å²) in [7, 11) is 0. The van der Waals surface area contributed by atoms with Gasteiger partial charge < -0.3 is 18.9 Å². The molecule has 72 heavy (non-hydrogen) atoms. The van der Waals surface area contributed by atoms with E-state index in [4.69, 9.17) is 0 Å². The van der Waals surface area contributed by atoms with Crippen LogP contribution < -0.4 is 9.80 Å². The van der Waals surface area contributed by atoms with E-state index in [1.54, 1.807) is 0 Å². The fraction of sp³-hybridized carbons (Fsp3) is 0. The second-order valence-electron chi connectivity index (χ2n) is 18.5. The molecular weight excluding hydrogens is 873 g/mol. The molecule has 0 aliphatic rings. The van der Waals surface area contributed by atoms with Crippen LogP contribution in [0.5, 0.6) is 0 Å². The topological polar surface area (TPSA) is 16.3 Å². The maximum atomic E-state index is 2.43. The maximum absolute atomic E-state index is 2.43. The van der Waals surface area contributed by atoms with Crippen LogP contribution in [0.1, 0.15) is 0 Å². The van der Waals surface area contributed by atoms with Crippen LogP contribution in [0.15, 0.2) is 279 Å². The molecule has 2 aromatic heterocycles. The molecule has 0 saturated carbocycles. The first-order chi connectivity index (χ1) is 35.7. The van der Waals surface area contributed by atoms with E-state index in [9.17, 15) is 0 Å². The summed E-state index contributed by atoms with van der Waals surface area (Å²) >= 11 is 0. The van der Waals surface area contributed by atoms with Gasteiger partial charge in [-0.05, 0) is 148 Å². The van der Waals surface area contributed by atoms with Crippen LogP contribution in [-0.4, -0.2) is 9.13 Å². The molecule has 14 rings (SSSR count). The highest BCUT2D eigenvalue weighted by Gasteiger charge is 2.23. The number of rotatable bonds is 9. The SMILES string of the molecule is c1ccc(N(c2cc(-c3cc4ccccc4c4ccccc34)cc(N(c3ccccc3)c3ccc4c5ccccc5n(-c5ccccc5)c4c3)c2)c2ccc3c(c2)c2ccccc2n3-c2ccccc2)cc1. The van der Waals surface area contributed by atoms with Crippen molar-refractivity contribution in [2.45, 2.75) is 0 Å². The quantitative estimate of drug-likeness (QED) is 0.134. The summed E-state index contributed by atoms with van der Waals surface area (Å²) in [5.41, 5.74) is 15.5. The van der Waals surface area contributed by atoms with Gasteiger partial charge in [-0.25, -0.2) is 0 Å². The Morgan fingerprint density at radius 2 is 0.653 bits per heavy atom. The van der Waals surface area contributed by atoms with Crippen LogP contribution in [0, 0.1) is 0 Å². The van der Waals surface area contributed by atoms with Crippen molar-refractivity contribution in [1.29, 1.82) is 0 Å². The molecule has 14 aromatic rings. The zero-order valence-electron chi connectivity index (χ0n) is 39.3. The van der Waals surface area contributed by atoms with E-state index in [1.807, 2.05) is 0 Å². The molecule has 0 radical (unpaired) electrons. The summed E-state index contributed by atoms with van der Waals surface area (Å²) < 4.78 is 4.79. The Morgan fingerprint density at radius 3 is 1.26 bits per heavy atom. The summed E-state index contributed by atoms with van der Waals surface area (Å²) in [6, 6.07) is 102. The smallest absolute Gasteiger partial charge is 0.0561 e. The van der Waals surface area contributed by atoms with Gasteiger partial charge in [-0.1, -0.05) is 164 Å². The van der Waals surface area contributed by atoms with E-state index in [0.29, 0.717) is 0 Å². The Balaban J connectivity index is 1.06. The molecule has 2 heterocycles. The molecule has 0 bridgehead atoms. The second-order valence-corrected chi connectivity index (χ2v) is 18.5. The molecule has 338 valence electrons. The zero-order chi connectivity index (χ0) is 47.5. The van der Waals surface area contributed by atoms with Crippen LogP contribution in [0.2, 0.25) is 0 Å². The van der Waals surface area contributed by atoms with Gasteiger partial charge in [0.2, 0.25) is 0 Å². The predicted molar refractivity (Wildman–Crippen MR) is 305 cm³/mol. The van der Waals surface area contributed by atoms with E-state index >= 15 is 0 Å². The Morgan fingerprint density at radius 1 is 0.222 bits per heavy atom. The van der Waals surface area contributed by atoms with Gasteiger partial charge in [-0.2, -0.15) is 0 Å². The van der Waals surface area contributed by atoms with E-state index in [0.717, 1.165) is 62.1 Å². The number of anilines is 6. The molecule has 0 saturated heterocycles. The molecule has 0 atom stereocenters. The first-order valence-electron chi connectivity index (χ1n) is 24.7. The summed E-state index contributed by atoms with van der Waals surface area (Å²) in [4.78, 5) is 4.87. The molecule has 0 aliphatic carbocycles. The third-order valence-electron chi connectivity index (χ3n) is 14.4. The van der Waals surface area contributed by atoms with Crippen molar-refractivity contribution < 1.29 is 0 Å². The highest BCUT2D eigenvalue weighted by Crippen LogP contribution is 2.47. The highest BCUT2D eigenvalue weighted by molar-refractivity contribution is 6.15. The summed E-state index contributed by atoms with van der Waals surface area (Å²) in [6.45, 7) is 0. The van der Waals surface area contributed by atoms with Gasteiger partial charge in [0.15, 0.2) is 0 Å². The summed E-state index contributed by atoms with van der Waals surface area (Å²) in [5.74, 6) is 0. The van der Waals surface area contributed by atoms with Gasteiger partial charge in [0, 0.05) is 67.0 Å². The van der Waals surface area contributed by atoms with Crippen molar-refractivity contribution in [3.8, 4) is 22.5 Å². The normalized spacial score (nSPS) is 11.6. The molecular formula is C68H46N4. The van der Waals surface area contributed by atoms with Crippen molar-refractivity contribution in [3.63, 3.8) is 0 Å². The minimum absolute atomic E-state index is 1.04. The lowest BCUT2D eigenvalue weighted by Crippen LogP contribution is -2.14. The summed E-state index contributed by atoms with van der Waals surface area (Å²) in [6.07, 6.45) is 0. The average molecular weight is 919 g/mol. The minimum atomic E-state index is 1.04. The third kappa shape index (κ3) is 6.84. The number of benzene rings is 12. The van der Waals surface area contributed by atoms with Gasteiger partial charge >= 0.3 is 0 Å². The van der Waals surface area contributed by atoms with Crippen LogP contribution in [-0.2, 0) is 0 Å². The molecule has 12 aromatic carbocycles. The monoisotopic (exact) mass is 918 g/mol. The van der Waals surface area contributed by atoms with Crippen molar-refractivity contribution in [3.05, 3.63) is 279 Å². The lowest BCUT2D eigenvalue weighted by Gasteiger charge is -2.30. The van der Waals surface area contributed by atoms with Crippen molar-refractivity contribution in [2.75, 3.05) is 9.80 Å².